The van der Waals surface area contributed by atoms with Gasteiger partial charge in [-0.15, -0.1) is 0 Å². The summed E-state index contributed by atoms with van der Waals surface area (Å²) >= 11 is 0. The van der Waals surface area contributed by atoms with Crippen molar-refractivity contribution >= 4 is 17.9 Å². The molecule has 0 N–H and O–H groups in total. The van der Waals surface area contributed by atoms with Crippen molar-refractivity contribution in [3.05, 3.63) is 48.6 Å². The molecule has 0 rings (SSSR count). The molecule has 1 unspecified atom stereocenters. The Balaban J connectivity index is 4.25. The molecule has 1 atom stereocenters. The van der Waals surface area contributed by atoms with Gasteiger partial charge in [0.1, 0.15) is 13.2 Å². The van der Waals surface area contributed by atoms with Crippen LogP contribution in [0.1, 0.15) is 361 Å². The van der Waals surface area contributed by atoms with Crippen LogP contribution in [-0.2, 0) is 28.6 Å². The molecule has 0 aliphatic rings. The van der Waals surface area contributed by atoms with E-state index in [4.69, 9.17) is 14.2 Å². The number of ether oxygens (including phenoxy) is 3. The van der Waals surface area contributed by atoms with Crippen molar-refractivity contribution in [3.63, 3.8) is 0 Å². The van der Waals surface area contributed by atoms with Crippen LogP contribution in [0.25, 0.3) is 0 Å². The molecule has 0 aromatic rings. The van der Waals surface area contributed by atoms with Crippen molar-refractivity contribution < 1.29 is 28.6 Å². The fourth-order valence-corrected chi connectivity index (χ4v) is 9.94. The highest BCUT2D eigenvalue weighted by atomic mass is 16.6. The van der Waals surface area contributed by atoms with Crippen LogP contribution in [0.4, 0.5) is 0 Å². The first-order chi connectivity index (χ1) is 37.5. The van der Waals surface area contributed by atoms with Crippen molar-refractivity contribution in [2.24, 2.45) is 0 Å². The number of carbonyl (C=O) groups is 3. The number of hydrogen-bond donors (Lipinski definition) is 0. The van der Waals surface area contributed by atoms with Gasteiger partial charge in [-0.3, -0.25) is 14.4 Å². The number of allylic oxidation sites excluding steroid dienone is 8. The fourth-order valence-electron chi connectivity index (χ4n) is 9.94. The topological polar surface area (TPSA) is 78.9 Å². The lowest BCUT2D eigenvalue weighted by molar-refractivity contribution is -0.167. The highest BCUT2D eigenvalue weighted by molar-refractivity contribution is 5.71. The quantitative estimate of drug-likeness (QED) is 0.0261. The Morgan fingerprint density at radius 3 is 0.763 bits per heavy atom. The lowest BCUT2D eigenvalue weighted by Gasteiger charge is -2.18. The Labute approximate surface area is 473 Å². The molecule has 0 saturated heterocycles. The molecule has 6 nitrogen and oxygen atoms in total. The summed E-state index contributed by atoms with van der Waals surface area (Å²) in [6, 6.07) is 0. The van der Waals surface area contributed by atoms with Crippen molar-refractivity contribution in [1.82, 2.24) is 0 Å². The summed E-state index contributed by atoms with van der Waals surface area (Å²) in [5.74, 6) is -0.866. The van der Waals surface area contributed by atoms with Crippen LogP contribution in [-0.4, -0.2) is 37.2 Å². The smallest absolute Gasteiger partial charge is 0.306 e. The first-order valence-corrected chi connectivity index (χ1v) is 33.6. The molecule has 0 saturated carbocycles. The van der Waals surface area contributed by atoms with E-state index in [2.05, 4.69) is 69.4 Å². The Morgan fingerprint density at radius 2 is 0.474 bits per heavy atom. The van der Waals surface area contributed by atoms with Crippen LogP contribution in [0.5, 0.6) is 0 Å². The summed E-state index contributed by atoms with van der Waals surface area (Å²) < 4.78 is 16.9. The Bertz CT molecular complexity index is 1310. The first-order valence-electron chi connectivity index (χ1n) is 33.6. The third kappa shape index (κ3) is 62.2. The SMILES string of the molecule is CCCCC/C=C\CCCCCCCC(=O)OCC(COC(=O)CCCCCCCCCCCCCCC/C=C\C/C=C\CCCCCCC)OC(=O)CCCCCCCCCCC/C=C\CCCCCCCCCC. The minimum atomic E-state index is -0.777. The standard InChI is InChI=1S/C70H128O6/c1-4-7-10-13-16-19-22-25-27-29-31-33-34-35-36-38-39-41-43-45-48-51-54-57-60-63-69(72)75-66-67(65-74-68(71)62-59-56-53-50-47-24-21-18-15-12-9-6-3)76-70(73)64-61-58-55-52-49-46-44-42-40-37-32-30-28-26-23-20-17-14-11-8-5-2/h18,21-22,25,29-32,67H,4-17,19-20,23-24,26-28,33-66H2,1-3H3/b21-18-,25-22-,31-29-,32-30-. The third-order valence-corrected chi connectivity index (χ3v) is 15.0. The fraction of sp³-hybridized carbons (Fsp3) is 0.843. The van der Waals surface area contributed by atoms with E-state index in [0.717, 1.165) is 70.6 Å². The predicted molar refractivity (Wildman–Crippen MR) is 330 cm³/mol. The second-order valence-corrected chi connectivity index (χ2v) is 22.7. The highest BCUT2D eigenvalue weighted by Crippen LogP contribution is 2.17. The summed E-state index contributed by atoms with van der Waals surface area (Å²) in [4.78, 5) is 38.3. The van der Waals surface area contributed by atoms with E-state index in [1.807, 2.05) is 0 Å². The molecule has 0 aliphatic carbocycles. The van der Waals surface area contributed by atoms with E-state index >= 15 is 0 Å². The molecule has 0 spiro atoms. The molecule has 0 aliphatic heterocycles. The van der Waals surface area contributed by atoms with Crippen molar-refractivity contribution in [3.8, 4) is 0 Å². The van der Waals surface area contributed by atoms with E-state index in [-0.39, 0.29) is 31.1 Å². The lowest BCUT2D eigenvalue weighted by Crippen LogP contribution is -2.30. The van der Waals surface area contributed by atoms with Gasteiger partial charge in [0.15, 0.2) is 6.10 Å². The highest BCUT2D eigenvalue weighted by Gasteiger charge is 2.19. The molecular weight excluding hydrogens is 937 g/mol. The lowest BCUT2D eigenvalue weighted by atomic mass is 10.0. The zero-order valence-corrected chi connectivity index (χ0v) is 51.0. The van der Waals surface area contributed by atoms with Crippen LogP contribution >= 0.6 is 0 Å². The molecule has 0 aromatic carbocycles. The number of rotatable bonds is 62. The first kappa shape index (κ1) is 73.4. The maximum atomic E-state index is 12.9. The van der Waals surface area contributed by atoms with Gasteiger partial charge in [0, 0.05) is 19.3 Å². The number of hydrogen-bond acceptors (Lipinski definition) is 6. The van der Waals surface area contributed by atoms with Gasteiger partial charge in [-0.2, -0.15) is 0 Å². The maximum Gasteiger partial charge on any atom is 0.306 e. The Hall–Kier alpha value is -2.63. The summed E-state index contributed by atoms with van der Waals surface area (Å²) in [6.07, 6.45) is 81.3. The monoisotopic (exact) mass is 1060 g/mol. The van der Waals surface area contributed by atoms with E-state index in [0.29, 0.717) is 19.3 Å². The van der Waals surface area contributed by atoms with Gasteiger partial charge in [-0.25, -0.2) is 0 Å². The summed E-state index contributed by atoms with van der Waals surface area (Å²) in [5.41, 5.74) is 0. The van der Waals surface area contributed by atoms with Crippen LogP contribution < -0.4 is 0 Å². The minimum absolute atomic E-state index is 0.0741. The molecule has 0 amide bonds. The maximum absolute atomic E-state index is 12.9. The average Bonchev–Trinajstić information content (AvgIpc) is 3.42. The van der Waals surface area contributed by atoms with Crippen molar-refractivity contribution in [1.29, 1.82) is 0 Å². The number of carbonyl (C=O) groups excluding carboxylic acids is 3. The van der Waals surface area contributed by atoms with Gasteiger partial charge < -0.3 is 14.2 Å². The Morgan fingerprint density at radius 1 is 0.263 bits per heavy atom. The number of unbranched alkanes of at least 4 members (excludes halogenated alkanes) is 43. The van der Waals surface area contributed by atoms with E-state index < -0.39 is 6.10 Å². The molecule has 0 fully saturated rings. The summed E-state index contributed by atoms with van der Waals surface area (Å²) in [7, 11) is 0. The van der Waals surface area contributed by atoms with Crippen LogP contribution in [0.3, 0.4) is 0 Å². The van der Waals surface area contributed by atoms with Crippen LogP contribution in [0, 0.1) is 0 Å². The van der Waals surface area contributed by atoms with Crippen molar-refractivity contribution in [2.75, 3.05) is 13.2 Å². The second-order valence-electron chi connectivity index (χ2n) is 22.7. The molecule has 444 valence electrons. The predicted octanol–water partition coefficient (Wildman–Crippen LogP) is 22.9. The summed E-state index contributed by atoms with van der Waals surface area (Å²) in [6.45, 7) is 6.65. The van der Waals surface area contributed by atoms with Crippen LogP contribution in [0.15, 0.2) is 48.6 Å². The van der Waals surface area contributed by atoms with Crippen LogP contribution in [0.2, 0.25) is 0 Å². The normalized spacial score (nSPS) is 12.3. The molecule has 0 aromatic heterocycles. The third-order valence-electron chi connectivity index (χ3n) is 15.0. The van der Waals surface area contributed by atoms with E-state index in [1.54, 1.807) is 0 Å². The second kappa shape index (κ2) is 64.9. The minimum Gasteiger partial charge on any atom is -0.462 e. The average molecular weight is 1070 g/mol. The van der Waals surface area contributed by atoms with Gasteiger partial charge in [-0.05, 0) is 103 Å². The van der Waals surface area contributed by atoms with Gasteiger partial charge >= 0.3 is 17.9 Å². The molecule has 76 heavy (non-hydrogen) atoms. The zero-order valence-electron chi connectivity index (χ0n) is 51.0. The molecule has 0 heterocycles. The summed E-state index contributed by atoms with van der Waals surface area (Å²) in [5, 5.41) is 0. The molecule has 0 radical (unpaired) electrons. The van der Waals surface area contributed by atoms with Gasteiger partial charge in [0.25, 0.3) is 0 Å². The molecule has 0 bridgehead atoms. The Kier molecular flexibility index (Phi) is 62.6. The molecular formula is C70H128O6. The largest absolute Gasteiger partial charge is 0.462 e. The van der Waals surface area contributed by atoms with E-state index in [1.165, 1.54) is 250 Å². The van der Waals surface area contributed by atoms with Gasteiger partial charge in [0.05, 0.1) is 0 Å². The zero-order chi connectivity index (χ0) is 55.0. The van der Waals surface area contributed by atoms with E-state index in [9.17, 15) is 14.4 Å². The number of esters is 3. The van der Waals surface area contributed by atoms with Gasteiger partial charge in [-0.1, -0.05) is 288 Å². The van der Waals surface area contributed by atoms with Crippen molar-refractivity contribution in [2.45, 2.75) is 367 Å². The van der Waals surface area contributed by atoms with Gasteiger partial charge in [0.2, 0.25) is 0 Å². The molecule has 6 heteroatoms.